The van der Waals surface area contributed by atoms with E-state index in [-0.39, 0.29) is 67.9 Å². The SMILES string of the molecule is CC(C)(C)CS(=O)(=O)CC(C)(C)C.CC(C)(C)NC(=O)C(C)(C)C.CC(C)(C)NC(=O)NC(C)(C)C.CC(C)(C)NS(=O)(=O)C(C)(C)C.CC(C)(C)OC(=O)C(C)(C)C. The second-order valence-corrected chi connectivity index (χ2v) is 30.4. The lowest BCUT2D eigenvalue weighted by molar-refractivity contribution is -0.164. The molecule has 12 nitrogen and oxygen atoms in total. The maximum Gasteiger partial charge on any atom is 0.315 e. The van der Waals surface area contributed by atoms with Gasteiger partial charge in [-0.25, -0.2) is 26.4 Å². The van der Waals surface area contributed by atoms with Crippen molar-refractivity contribution in [1.29, 1.82) is 0 Å². The minimum Gasteiger partial charge on any atom is -0.460 e. The first-order chi connectivity index (χ1) is 24.7. The molecule has 0 spiro atoms. The molecule has 4 N–H and O–H groups in total. The van der Waals surface area contributed by atoms with Crippen molar-refractivity contribution in [1.82, 2.24) is 20.7 Å². The number of ether oxygens (including phenoxy) is 1. The van der Waals surface area contributed by atoms with Crippen molar-refractivity contribution < 1.29 is 36.0 Å². The Bertz CT molecular complexity index is 1400. The fraction of sp³-hybridized carbons (Fsp3) is 0.933. The number of nitrogens with one attached hydrogen (secondary N) is 4. The average molecular weight is 887 g/mol. The lowest BCUT2D eigenvalue weighted by Gasteiger charge is -2.27. The van der Waals surface area contributed by atoms with E-state index in [1.165, 1.54) is 0 Å². The summed E-state index contributed by atoms with van der Waals surface area (Å²) in [7, 11) is -6.10. The quantitative estimate of drug-likeness (QED) is 0.202. The summed E-state index contributed by atoms with van der Waals surface area (Å²) in [6.07, 6.45) is 0. The number of urea groups is 1. The van der Waals surface area contributed by atoms with Crippen LogP contribution < -0.4 is 20.7 Å². The molecule has 0 aromatic heterocycles. The van der Waals surface area contributed by atoms with Gasteiger partial charge < -0.3 is 20.7 Å². The van der Waals surface area contributed by atoms with Gasteiger partial charge in [-0.3, -0.25) is 9.59 Å². The molecule has 0 bridgehead atoms. The van der Waals surface area contributed by atoms with Crippen LogP contribution >= 0.6 is 0 Å². The van der Waals surface area contributed by atoms with Gasteiger partial charge >= 0.3 is 12.0 Å². The van der Waals surface area contributed by atoms with Gasteiger partial charge in [-0.15, -0.1) is 0 Å². The second-order valence-electron chi connectivity index (χ2n) is 25.9. The molecule has 0 atom stereocenters. The van der Waals surface area contributed by atoms with Gasteiger partial charge in [0.1, 0.15) is 5.60 Å². The van der Waals surface area contributed by atoms with Crippen LogP contribution in [0.25, 0.3) is 0 Å². The van der Waals surface area contributed by atoms with Crippen LogP contribution in [0.15, 0.2) is 0 Å². The van der Waals surface area contributed by atoms with Crippen molar-refractivity contribution in [2.24, 2.45) is 21.7 Å². The Kier molecular flexibility index (Phi) is 25.7. The van der Waals surface area contributed by atoms with Gasteiger partial charge in [-0.05, 0) is 156 Å². The molecular weight excluding hydrogens is 789 g/mol. The molecule has 0 rings (SSSR count). The third-order valence-electron chi connectivity index (χ3n) is 5.71. The smallest absolute Gasteiger partial charge is 0.315 e. The Balaban J connectivity index is -0.000000206. The summed E-state index contributed by atoms with van der Waals surface area (Å²) in [5, 5.41) is 8.57. The van der Waals surface area contributed by atoms with Crippen LogP contribution in [0, 0.1) is 21.7 Å². The first kappa shape index (κ1) is 66.2. The van der Waals surface area contributed by atoms with Gasteiger partial charge in [0.15, 0.2) is 9.84 Å². The van der Waals surface area contributed by atoms with E-state index in [0.717, 1.165) is 0 Å². The topological polar surface area (TPSA) is 177 Å². The summed E-state index contributed by atoms with van der Waals surface area (Å²) in [5.41, 5.74) is -2.18. The molecule has 0 saturated carbocycles. The molecule has 0 saturated heterocycles. The zero-order valence-electron chi connectivity index (χ0n) is 44.0. The van der Waals surface area contributed by atoms with Crippen LogP contribution in [-0.4, -0.2) is 78.8 Å². The van der Waals surface area contributed by atoms with E-state index < -0.39 is 35.6 Å². The molecule has 0 unspecified atom stereocenters. The van der Waals surface area contributed by atoms with Gasteiger partial charge in [0.2, 0.25) is 15.9 Å². The van der Waals surface area contributed by atoms with Crippen LogP contribution in [0.1, 0.15) is 208 Å². The lowest BCUT2D eigenvalue weighted by atomic mass is 9.94. The zero-order valence-corrected chi connectivity index (χ0v) is 45.6. The van der Waals surface area contributed by atoms with Crippen LogP contribution in [0.3, 0.4) is 0 Å². The van der Waals surface area contributed by atoms with E-state index in [0.29, 0.717) is 0 Å². The maximum atomic E-state index is 11.7. The Labute approximate surface area is 366 Å². The number of sulfonamides is 1. The summed E-state index contributed by atoms with van der Waals surface area (Å²) in [4.78, 5) is 33.9. The molecule has 0 aromatic rings. The predicted octanol–water partition coefficient (Wildman–Crippen LogP) is 10.2. The van der Waals surface area contributed by atoms with E-state index in [4.69, 9.17) is 4.74 Å². The summed E-state index contributed by atoms with van der Waals surface area (Å²) in [6.45, 7) is 56.8. The van der Waals surface area contributed by atoms with E-state index in [1.807, 2.05) is 187 Å². The van der Waals surface area contributed by atoms with Crippen LogP contribution in [0.2, 0.25) is 0 Å². The number of carbonyl (C=O) groups excluding carboxylic acids is 3. The number of rotatable bonds is 3. The largest absolute Gasteiger partial charge is 0.460 e. The third kappa shape index (κ3) is 50.3. The molecule has 0 aromatic carbocycles. The van der Waals surface area contributed by atoms with Crippen LogP contribution in [0.4, 0.5) is 4.79 Å². The minimum atomic E-state index is -3.21. The molecule has 0 radical (unpaired) electrons. The molecule has 0 aliphatic heterocycles. The Morgan fingerprint density at radius 1 is 0.424 bits per heavy atom. The number of carbonyl (C=O) groups is 3. The first-order valence-electron chi connectivity index (χ1n) is 20.6. The standard InChI is InChI=1S/C10H22O2S.C9H20N2O.C9H19NO.C9H18O2.C8H19NO2S/c1-9(2,3)7-13(11,12)8-10(4,5)6;1-8(2,3)10-7(12)11-9(4,5)6;1-8(2,3)7(11)10-9(4,5)6;1-8(2,3)7(10)11-9(4,5)6;1-7(2,3)9-12(10,11)8(4,5)6/h7-8H2,1-6H3;1-6H3,(H2,10,11,12);1-6H3,(H,10,11);1-6H3;9H,1-6H3. The highest BCUT2D eigenvalue weighted by atomic mass is 32.2. The number of hydrogen-bond acceptors (Lipinski definition) is 8. The molecule has 358 valence electrons. The van der Waals surface area contributed by atoms with Gasteiger partial charge in [-0.1, -0.05) is 62.3 Å². The van der Waals surface area contributed by atoms with E-state index in [9.17, 15) is 31.2 Å². The van der Waals surface area contributed by atoms with Gasteiger partial charge in [0, 0.05) is 27.6 Å². The lowest BCUT2D eigenvalue weighted by Crippen LogP contribution is -2.52. The molecule has 0 heterocycles. The van der Waals surface area contributed by atoms with Crippen molar-refractivity contribution in [3.8, 4) is 0 Å². The van der Waals surface area contributed by atoms with Crippen molar-refractivity contribution in [2.75, 3.05) is 11.5 Å². The van der Waals surface area contributed by atoms with Crippen LogP contribution in [-0.2, 0) is 34.2 Å². The summed E-state index contributed by atoms with van der Waals surface area (Å²) >= 11 is 0. The van der Waals surface area contributed by atoms with Gasteiger partial charge in [0.05, 0.1) is 21.7 Å². The molecule has 59 heavy (non-hydrogen) atoms. The average Bonchev–Trinajstić information content (AvgIpc) is 2.74. The maximum absolute atomic E-state index is 11.7. The highest BCUT2D eigenvalue weighted by Crippen LogP contribution is 2.23. The van der Waals surface area contributed by atoms with Crippen molar-refractivity contribution in [3.05, 3.63) is 0 Å². The number of amides is 3. The summed E-state index contributed by atoms with van der Waals surface area (Å²) in [5.74, 6) is 0.504. The second kappa shape index (κ2) is 23.0. The van der Waals surface area contributed by atoms with Crippen molar-refractivity contribution in [3.63, 3.8) is 0 Å². The number of esters is 1. The molecule has 14 heteroatoms. The van der Waals surface area contributed by atoms with Gasteiger partial charge in [-0.2, -0.15) is 0 Å². The highest BCUT2D eigenvalue weighted by molar-refractivity contribution is 7.91. The molecule has 0 aliphatic rings. The highest BCUT2D eigenvalue weighted by Gasteiger charge is 2.32. The van der Waals surface area contributed by atoms with E-state index in [1.54, 1.807) is 20.8 Å². The van der Waals surface area contributed by atoms with E-state index in [2.05, 4.69) is 20.7 Å². The fourth-order valence-electron chi connectivity index (χ4n) is 3.60. The Morgan fingerprint density at radius 3 is 0.831 bits per heavy atom. The predicted molar refractivity (Wildman–Crippen MR) is 253 cm³/mol. The summed E-state index contributed by atoms with van der Waals surface area (Å²) in [6, 6.07) is -0.116. The molecular formula is C45H98N4O8S2. The van der Waals surface area contributed by atoms with Gasteiger partial charge in [0.25, 0.3) is 0 Å². The third-order valence-corrected chi connectivity index (χ3v) is 10.8. The minimum absolute atomic E-state index is 0.102. The monoisotopic (exact) mass is 887 g/mol. The number of hydrogen-bond donors (Lipinski definition) is 4. The zero-order chi connectivity index (χ0) is 49.7. The molecule has 0 fully saturated rings. The number of sulfone groups is 1. The fourth-order valence-corrected chi connectivity index (χ4v) is 7.45. The van der Waals surface area contributed by atoms with Crippen molar-refractivity contribution in [2.45, 2.75) is 240 Å². The molecule has 0 aliphatic carbocycles. The first-order valence-corrected chi connectivity index (χ1v) is 23.9. The van der Waals surface area contributed by atoms with E-state index >= 15 is 0 Å². The van der Waals surface area contributed by atoms with Crippen LogP contribution in [0.5, 0.6) is 0 Å². The Morgan fingerprint density at radius 2 is 0.712 bits per heavy atom. The Hall–Kier alpha value is -1.93. The van der Waals surface area contributed by atoms with Crippen molar-refractivity contribution >= 4 is 37.8 Å². The molecule has 3 amide bonds. The normalized spacial score (nSPS) is 13.6. The summed E-state index contributed by atoms with van der Waals surface area (Å²) < 4.78 is 53.5.